The molecule has 2 rings (SSSR count). The van der Waals surface area contributed by atoms with E-state index in [1.807, 2.05) is 6.92 Å². The third-order valence-corrected chi connectivity index (χ3v) is 3.66. The Kier molecular flexibility index (Phi) is 3.92. The zero-order valence-electron chi connectivity index (χ0n) is 10.5. The molecule has 1 aromatic heterocycles. The molecule has 3 heteroatoms. The summed E-state index contributed by atoms with van der Waals surface area (Å²) in [6, 6.07) is 9.03. The summed E-state index contributed by atoms with van der Waals surface area (Å²) in [5.41, 5.74) is 3.75. The molecule has 0 aliphatic rings. The molecule has 0 aliphatic heterocycles. The number of hydrogen-bond donors (Lipinski definition) is 1. The van der Waals surface area contributed by atoms with Gasteiger partial charge in [-0.25, -0.2) is 4.98 Å². The van der Waals surface area contributed by atoms with Crippen LogP contribution in [0.4, 0.5) is 0 Å². The number of nitrogens with zero attached hydrogens (tertiary/aromatic N) is 1. The second-order valence-corrected chi connectivity index (χ2v) is 5.43. The van der Waals surface area contributed by atoms with Crippen LogP contribution in [-0.4, -0.2) is 4.98 Å². The molecule has 0 saturated heterocycles. The zero-order chi connectivity index (χ0) is 12.3. The summed E-state index contributed by atoms with van der Waals surface area (Å²) in [4.78, 5) is 4.45. The van der Waals surface area contributed by atoms with Crippen molar-refractivity contribution >= 4 is 11.3 Å². The van der Waals surface area contributed by atoms with Gasteiger partial charge in [-0.05, 0) is 26.3 Å². The van der Waals surface area contributed by atoms with Gasteiger partial charge in [0.2, 0.25) is 0 Å². The maximum absolute atomic E-state index is 4.45. The molecule has 2 nitrogen and oxygen atoms in total. The quantitative estimate of drug-likeness (QED) is 0.891. The van der Waals surface area contributed by atoms with Crippen molar-refractivity contribution in [3.05, 3.63) is 51.5 Å². The fraction of sp³-hybridized carbons (Fsp3) is 0.357. The fourth-order valence-corrected chi connectivity index (χ4v) is 2.33. The van der Waals surface area contributed by atoms with Gasteiger partial charge in [0, 0.05) is 18.0 Å². The van der Waals surface area contributed by atoms with Gasteiger partial charge in [-0.3, -0.25) is 0 Å². The molecule has 0 unspecified atom stereocenters. The SMILES string of the molecule is Cc1ccc([C@H](C)NCc2csc(C)n2)cc1. The molecule has 0 amide bonds. The summed E-state index contributed by atoms with van der Waals surface area (Å²) in [5, 5.41) is 6.74. The van der Waals surface area contributed by atoms with E-state index in [0.29, 0.717) is 6.04 Å². The van der Waals surface area contributed by atoms with Gasteiger partial charge in [-0.15, -0.1) is 11.3 Å². The van der Waals surface area contributed by atoms with E-state index in [2.05, 4.69) is 53.8 Å². The van der Waals surface area contributed by atoms with E-state index in [0.717, 1.165) is 17.2 Å². The number of aryl methyl sites for hydroxylation is 2. The van der Waals surface area contributed by atoms with Gasteiger partial charge in [0.25, 0.3) is 0 Å². The van der Waals surface area contributed by atoms with Gasteiger partial charge in [-0.2, -0.15) is 0 Å². The number of nitrogens with one attached hydrogen (secondary N) is 1. The van der Waals surface area contributed by atoms with Crippen LogP contribution in [0, 0.1) is 13.8 Å². The van der Waals surface area contributed by atoms with Gasteiger partial charge < -0.3 is 5.32 Å². The number of rotatable bonds is 4. The lowest BCUT2D eigenvalue weighted by molar-refractivity contribution is 0.569. The summed E-state index contributed by atoms with van der Waals surface area (Å²) in [7, 11) is 0. The van der Waals surface area contributed by atoms with E-state index < -0.39 is 0 Å². The molecule has 1 atom stereocenters. The Bertz CT molecular complexity index is 473. The first-order valence-electron chi connectivity index (χ1n) is 5.86. The Labute approximate surface area is 107 Å². The van der Waals surface area contributed by atoms with Crippen LogP contribution in [0.2, 0.25) is 0 Å². The van der Waals surface area contributed by atoms with Crippen molar-refractivity contribution in [1.29, 1.82) is 0 Å². The van der Waals surface area contributed by atoms with Crippen LogP contribution < -0.4 is 5.32 Å². The molecule has 0 bridgehead atoms. The molecule has 0 aliphatic carbocycles. The Morgan fingerprint density at radius 2 is 1.94 bits per heavy atom. The molecule has 0 radical (unpaired) electrons. The number of aromatic nitrogens is 1. The van der Waals surface area contributed by atoms with Crippen molar-refractivity contribution in [3.63, 3.8) is 0 Å². The average molecular weight is 246 g/mol. The fourth-order valence-electron chi connectivity index (χ4n) is 1.72. The molecule has 2 aromatic rings. The van der Waals surface area contributed by atoms with Gasteiger partial charge >= 0.3 is 0 Å². The Morgan fingerprint density at radius 3 is 2.53 bits per heavy atom. The first-order chi connectivity index (χ1) is 8.15. The predicted molar refractivity (Wildman–Crippen MR) is 73.3 cm³/mol. The highest BCUT2D eigenvalue weighted by Gasteiger charge is 2.05. The summed E-state index contributed by atoms with van der Waals surface area (Å²) in [6.07, 6.45) is 0. The first-order valence-corrected chi connectivity index (χ1v) is 6.74. The van der Waals surface area contributed by atoms with E-state index in [-0.39, 0.29) is 0 Å². The first kappa shape index (κ1) is 12.3. The lowest BCUT2D eigenvalue weighted by Gasteiger charge is -2.13. The van der Waals surface area contributed by atoms with Crippen molar-refractivity contribution in [2.24, 2.45) is 0 Å². The largest absolute Gasteiger partial charge is 0.305 e. The normalized spacial score (nSPS) is 12.6. The van der Waals surface area contributed by atoms with Crippen molar-refractivity contribution in [1.82, 2.24) is 10.3 Å². The highest BCUT2D eigenvalue weighted by Crippen LogP contribution is 2.14. The molecule has 1 N–H and O–H groups in total. The number of hydrogen-bond acceptors (Lipinski definition) is 3. The highest BCUT2D eigenvalue weighted by molar-refractivity contribution is 7.09. The minimum absolute atomic E-state index is 0.359. The highest BCUT2D eigenvalue weighted by atomic mass is 32.1. The van der Waals surface area contributed by atoms with Crippen molar-refractivity contribution in [2.45, 2.75) is 33.4 Å². The average Bonchev–Trinajstić information content (AvgIpc) is 2.73. The van der Waals surface area contributed by atoms with Crippen molar-refractivity contribution < 1.29 is 0 Å². The molecule has 0 fully saturated rings. The van der Waals surface area contributed by atoms with E-state index >= 15 is 0 Å². The maximum Gasteiger partial charge on any atom is 0.0897 e. The van der Waals surface area contributed by atoms with E-state index in [4.69, 9.17) is 0 Å². The van der Waals surface area contributed by atoms with E-state index in [1.165, 1.54) is 11.1 Å². The van der Waals surface area contributed by atoms with Crippen LogP contribution in [0.3, 0.4) is 0 Å². The van der Waals surface area contributed by atoms with Crippen LogP contribution in [0.1, 0.15) is 34.8 Å². The van der Waals surface area contributed by atoms with Crippen LogP contribution in [0.25, 0.3) is 0 Å². The van der Waals surface area contributed by atoms with Crippen LogP contribution in [0.5, 0.6) is 0 Å². The Morgan fingerprint density at radius 1 is 1.24 bits per heavy atom. The molecule has 1 heterocycles. The summed E-state index contributed by atoms with van der Waals surface area (Å²) in [6.45, 7) is 7.17. The standard InChI is InChI=1S/C14H18N2S/c1-10-4-6-13(7-5-10)11(2)15-8-14-9-17-12(3)16-14/h4-7,9,11,15H,8H2,1-3H3/t11-/m0/s1. The van der Waals surface area contributed by atoms with Gasteiger partial charge in [0.1, 0.15) is 0 Å². The minimum Gasteiger partial charge on any atom is -0.305 e. The van der Waals surface area contributed by atoms with Gasteiger partial charge in [0.15, 0.2) is 0 Å². The van der Waals surface area contributed by atoms with Gasteiger partial charge in [-0.1, -0.05) is 29.8 Å². The molecular formula is C14H18N2S. The molecule has 1 aromatic carbocycles. The Hall–Kier alpha value is -1.19. The summed E-state index contributed by atoms with van der Waals surface area (Å²) in [5.74, 6) is 0. The lowest BCUT2D eigenvalue weighted by atomic mass is 10.1. The minimum atomic E-state index is 0.359. The predicted octanol–water partition coefficient (Wildman–Crippen LogP) is 3.61. The molecule has 0 spiro atoms. The van der Waals surface area contributed by atoms with Gasteiger partial charge in [0.05, 0.1) is 10.7 Å². The molecule has 90 valence electrons. The van der Waals surface area contributed by atoms with Crippen LogP contribution in [0.15, 0.2) is 29.6 Å². The Balaban J connectivity index is 1.93. The monoisotopic (exact) mass is 246 g/mol. The third-order valence-electron chi connectivity index (χ3n) is 2.83. The van der Waals surface area contributed by atoms with Crippen molar-refractivity contribution in [3.8, 4) is 0 Å². The summed E-state index contributed by atoms with van der Waals surface area (Å²) < 4.78 is 0. The topological polar surface area (TPSA) is 24.9 Å². The zero-order valence-corrected chi connectivity index (χ0v) is 11.3. The second-order valence-electron chi connectivity index (χ2n) is 4.37. The number of thiazole rings is 1. The summed E-state index contributed by atoms with van der Waals surface area (Å²) >= 11 is 1.70. The lowest BCUT2D eigenvalue weighted by Crippen LogP contribution is -2.18. The smallest absolute Gasteiger partial charge is 0.0897 e. The van der Waals surface area contributed by atoms with E-state index in [9.17, 15) is 0 Å². The molecule has 17 heavy (non-hydrogen) atoms. The number of benzene rings is 1. The maximum atomic E-state index is 4.45. The van der Waals surface area contributed by atoms with E-state index in [1.54, 1.807) is 11.3 Å². The molecule has 0 saturated carbocycles. The van der Waals surface area contributed by atoms with Crippen molar-refractivity contribution in [2.75, 3.05) is 0 Å². The molecular weight excluding hydrogens is 228 g/mol. The van der Waals surface area contributed by atoms with Crippen LogP contribution in [-0.2, 0) is 6.54 Å². The second kappa shape index (κ2) is 5.43. The third kappa shape index (κ3) is 3.38. The van der Waals surface area contributed by atoms with Crippen LogP contribution >= 0.6 is 11.3 Å².